The Hall–Kier alpha value is -2.00. The molecule has 0 aliphatic carbocycles. The fraction of sp³-hybridized carbons (Fsp3) is 0.318. The third kappa shape index (κ3) is 3.13. The van der Waals surface area contributed by atoms with Crippen molar-refractivity contribution in [2.75, 3.05) is 0 Å². The lowest BCUT2D eigenvalue weighted by atomic mass is 10.0. The number of rotatable bonds is 4. The van der Waals surface area contributed by atoms with Crippen LogP contribution in [0.3, 0.4) is 0 Å². The molecule has 0 radical (unpaired) electrons. The number of nitrogens with one attached hydrogen (secondary N) is 1. The topological polar surface area (TPSA) is 32.9 Å². The molecule has 3 aromatic rings. The molecule has 25 heavy (non-hydrogen) atoms. The van der Waals surface area contributed by atoms with Gasteiger partial charge in [0.15, 0.2) is 5.78 Å². The van der Waals surface area contributed by atoms with Crippen LogP contribution in [-0.4, -0.2) is 16.0 Å². The van der Waals surface area contributed by atoms with Gasteiger partial charge in [0, 0.05) is 27.1 Å². The van der Waals surface area contributed by atoms with Crippen molar-refractivity contribution in [3.63, 3.8) is 0 Å². The summed E-state index contributed by atoms with van der Waals surface area (Å²) in [5.41, 5.74) is 7.94. The molecule has 0 spiro atoms. The van der Waals surface area contributed by atoms with E-state index < -0.39 is 0 Å². The maximum atomic E-state index is 13.2. The van der Waals surface area contributed by atoms with E-state index in [4.69, 9.17) is 0 Å². The molecule has 1 N–H and O–H groups in total. The predicted molar refractivity (Wildman–Crippen MR) is 108 cm³/mol. The van der Waals surface area contributed by atoms with E-state index in [1.54, 1.807) is 11.8 Å². The van der Waals surface area contributed by atoms with Gasteiger partial charge in [-0.2, -0.15) is 0 Å². The van der Waals surface area contributed by atoms with Crippen molar-refractivity contribution in [1.29, 1.82) is 0 Å². The van der Waals surface area contributed by atoms with E-state index >= 15 is 0 Å². The third-order valence-electron chi connectivity index (χ3n) is 5.10. The number of aromatic amines is 1. The third-order valence-corrected chi connectivity index (χ3v) is 6.52. The van der Waals surface area contributed by atoms with Crippen LogP contribution in [0.25, 0.3) is 10.9 Å². The number of Topliss-reactive ketones (excluding diaryl/α,β-unsaturated/α-hetero) is 1. The number of H-pyrrole nitrogens is 1. The number of hydrogen-bond donors (Lipinski definition) is 1. The van der Waals surface area contributed by atoms with Crippen LogP contribution in [0.5, 0.6) is 0 Å². The lowest BCUT2D eigenvalue weighted by Crippen LogP contribution is -2.15. The Bertz CT molecular complexity index is 942. The number of fused-ring (bicyclic) bond motifs is 1. The zero-order valence-corrected chi connectivity index (χ0v) is 16.6. The monoisotopic (exact) mass is 351 g/mol. The first-order valence-corrected chi connectivity index (χ1v) is 9.54. The summed E-state index contributed by atoms with van der Waals surface area (Å²) in [4.78, 5) is 17.8. The molecule has 1 heterocycles. The van der Waals surface area contributed by atoms with Crippen molar-refractivity contribution in [1.82, 2.24) is 4.98 Å². The average Bonchev–Trinajstić information content (AvgIpc) is 2.91. The van der Waals surface area contributed by atoms with Gasteiger partial charge in [-0.25, -0.2) is 0 Å². The Morgan fingerprint density at radius 2 is 1.60 bits per heavy atom. The van der Waals surface area contributed by atoms with Crippen molar-refractivity contribution in [3.05, 3.63) is 63.8 Å². The molecule has 3 heteroatoms. The van der Waals surface area contributed by atoms with Crippen molar-refractivity contribution >= 4 is 28.4 Å². The van der Waals surface area contributed by atoms with Gasteiger partial charge in [-0.05, 0) is 69.9 Å². The summed E-state index contributed by atoms with van der Waals surface area (Å²) >= 11 is 1.69. The number of carbonyl (C=O) groups is 1. The van der Waals surface area contributed by atoms with E-state index in [1.165, 1.54) is 27.1 Å². The summed E-state index contributed by atoms with van der Waals surface area (Å²) in [7, 11) is 0. The Labute approximate surface area is 154 Å². The molecule has 1 atom stereocenters. The second-order valence-electron chi connectivity index (χ2n) is 6.88. The lowest BCUT2D eigenvalue weighted by Gasteiger charge is -2.18. The Morgan fingerprint density at radius 3 is 2.24 bits per heavy atom. The molecule has 0 amide bonds. The second kappa shape index (κ2) is 6.72. The zero-order valence-electron chi connectivity index (χ0n) is 15.8. The highest BCUT2D eigenvalue weighted by Crippen LogP contribution is 2.35. The quantitative estimate of drug-likeness (QED) is 0.457. The molecular weight excluding hydrogens is 326 g/mol. The van der Waals surface area contributed by atoms with Gasteiger partial charge >= 0.3 is 0 Å². The van der Waals surface area contributed by atoms with Crippen LogP contribution < -0.4 is 0 Å². The van der Waals surface area contributed by atoms with Crippen molar-refractivity contribution in [2.45, 2.75) is 51.7 Å². The Balaban J connectivity index is 1.98. The summed E-state index contributed by atoms with van der Waals surface area (Å²) in [6.07, 6.45) is 0. The first kappa shape index (κ1) is 17.8. The van der Waals surface area contributed by atoms with Gasteiger partial charge < -0.3 is 4.98 Å². The summed E-state index contributed by atoms with van der Waals surface area (Å²) in [5, 5.41) is 0.892. The molecule has 2 aromatic carbocycles. The molecule has 2 nitrogen and oxygen atoms in total. The van der Waals surface area contributed by atoms with Crippen LogP contribution in [-0.2, 0) is 0 Å². The van der Waals surface area contributed by atoms with Crippen molar-refractivity contribution < 1.29 is 4.79 Å². The van der Waals surface area contributed by atoms with Gasteiger partial charge in [-0.1, -0.05) is 24.3 Å². The minimum atomic E-state index is -0.128. The molecule has 3 rings (SSSR count). The molecule has 1 aromatic heterocycles. The van der Waals surface area contributed by atoms with E-state index in [9.17, 15) is 4.79 Å². The average molecular weight is 352 g/mol. The van der Waals surface area contributed by atoms with E-state index in [1.807, 2.05) is 38.1 Å². The van der Waals surface area contributed by atoms with Gasteiger partial charge in [-0.3, -0.25) is 4.79 Å². The molecule has 0 aliphatic heterocycles. The van der Waals surface area contributed by atoms with E-state index in [0.29, 0.717) is 0 Å². The summed E-state index contributed by atoms with van der Waals surface area (Å²) < 4.78 is 0. The maximum Gasteiger partial charge on any atom is 0.178 e. The largest absolute Gasteiger partial charge is 0.358 e. The fourth-order valence-corrected chi connectivity index (χ4v) is 4.64. The Kier molecular flexibility index (Phi) is 4.79. The molecule has 0 unspecified atom stereocenters. The van der Waals surface area contributed by atoms with E-state index in [2.05, 4.69) is 38.7 Å². The standard InChI is InChI=1S/C22H25NOS/c1-12-11-13(2)15(4)22(14(12)3)25-17(6)21(24)20-16(5)23-19-10-8-7-9-18(19)20/h7-11,17,23H,1-6H3/t17-/m1/s1. The van der Waals surface area contributed by atoms with Gasteiger partial charge in [0.05, 0.1) is 5.25 Å². The first-order chi connectivity index (χ1) is 11.8. The van der Waals surface area contributed by atoms with Gasteiger partial charge in [0.25, 0.3) is 0 Å². The zero-order chi connectivity index (χ0) is 18.3. The number of hydrogen-bond acceptors (Lipinski definition) is 2. The molecule has 0 saturated heterocycles. The smallest absolute Gasteiger partial charge is 0.178 e. The number of para-hydroxylation sites is 1. The summed E-state index contributed by atoms with van der Waals surface area (Å²) in [6.45, 7) is 12.6. The van der Waals surface area contributed by atoms with Crippen LogP contribution in [0.1, 0.15) is 45.2 Å². The second-order valence-corrected chi connectivity index (χ2v) is 8.24. The number of aryl methyl sites for hydroxylation is 3. The van der Waals surface area contributed by atoms with E-state index in [-0.39, 0.29) is 11.0 Å². The van der Waals surface area contributed by atoms with Gasteiger partial charge in [0.1, 0.15) is 0 Å². The Morgan fingerprint density at radius 1 is 1.00 bits per heavy atom. The summed E-state index contributed by atoms with van der Waals surface area (Å²) in [6, 6.07) is 10.3. The highest BCUT2D eigenvalue weighted by molar-refractivity contribution is 8.00. The number of thioether (sulfide) groups is 1. The molecule has 0 aliphatic rings. The SMILES string of the molecule is Cc1cc(C)c(C)c(S[C@H](C)C(=O)c2c(C)[nH]c3ccccc23)c1C. The molecular formula is C22H25NOS. The maximum absolute atomic E-state index is 13.2. The highest BCUT2D eigenvalue weighted by Gasteiger charge is 2.23. The van der Waals surface area contributed by atoms with Gasteiger partial charge in [-0.15, -0.1) is 11.8 Å². The normalized spacial score (nSPS) is 12.6. The van der Waals surface area contributed by atoms with Crippen LogP contribution in [0.15, 0.2) is 35.2 Å². The number of carbonyl (C=O) groups excluding carboxylic acids is 1. The molecule has 130 valence electrons. The van der Waals surface area contributed by atoms with Crippen LogP contribution >= 0.6 is 11.8 Å². The minimum Gasteiger partial charge on any atom is -0.358 e. The highest BCUT2D eigenvalue weighted by atomic mass is 32.2. The van der Waals surface area contributed by atoms with Crippen molar-refractivity contribution in [2.24, 2.45) is 0 Å². The predicted octanol–water partition coefficient (Wildman–Crippen LogP) is 6.07. The van der Waals surface area contributed by atoms with E-state index in [0.717, 1.165) is 22.2 Å². The lowest BCUT2D eigenvalue weighted by molar-refractivity contribution is 0.0995. The molecule has 0 bridgehead atoms. The van der Waals surface area contributed by atoms with Crippen molar-refractivity contribution in [3.8, 4) is 0 Å². The van der Waals surface area contributed by atoms with Crippen LogP contribution in [0.4, 0.5) is 0 Å². The minimum absolute atomic E-state index is 0.128. The molecule has 0 saturated carbocycles. The first-order valence-electron chi connectivity index (χ1n) is 8.66. The van der Waals surface area contributed by atoms with Crippen LogP contribution in [0, 0.1) is 34.6 Å². The number of aromatic nitrogens is 1. The van der Waals surface area contributed by atoms with Gasteiger partial charge in [0.2, 0.25) is 0 Å². The number of benzene rings is 2. The number of ketones is 1. The fourth-order valence-electron chi connectivity index (χ4n) is 3.39. The molecule has 0 fully saturated rings. The van der Waals surface area contributed by atoms with Crippen LogP contribution in [0.2, 0.25) is 0 Å². The summed E-state index contributed by atoms with van der Waals surface area (Å²) in [5.74, 6) is 0.193.